The second kappa shape index (κ2) is 6.20. The fourth-order valence-corrected chi connectivity index (χ4v) is 3.76. The van der Waals surface area contributed by atoms with E-state index in [9.17, 15) is 15.0 Å². The molecule has 2 N–H and O–H groups in total. The van der Waals surface area contributed by atoms with Gasteiger partial charge in [0.05, 0.1) is 19.1 Å². The predicted octanol–water partition coefficient (Wildman–Crippen LogP) is 1.15. The van der Waals surface area contributed by atoms with Crippen LogP contribution in [0.4, 0.5) is 0 Å². The van der Waals surface area contributed by atoms with Crippen molar-refractivity contribution >= 4 is 5.97 Å². The van der Waals surface area contributed by atoms with Gasteiger partial charge in [0.2, 0.25) is 6.29 Å². The lowest BCUT2D eigenvalue weighted by molar-refractivity contribution is -0.152. The molecule has 1 aromatic carbocycles. The van der Waals surface area contributed by atoms with E-state index in [2.05, 4.69) is 0 Å². The van der Waals surface area contributed by atoms with Crippen LogP contribution >= 0.6 is 0 Å². The van der Waals surface area contributed by atoms with Gasteiger partial charge in [-0.2, -0.15) is 0 Å². The molecule has 6 nitrogen and oxygen atoms in total. The van der Waals surface area contributed by atoms with E-state index in [0.717, 1.165) is 5.56 Å². The van der Waals surface area contributed by atoms with Crippen molar-refractivity contribution in [1.82, 2.24) is 0 Å². The number of esters is 1. The number of fused-ring (bicyclic) bond motifs is 2. The number of aliphatic hydroxyl groups excluding tert-OH is 2. The number of hydrogen-bond acceptors (Lipinski definition) is 6. The third kappa shape index (κ3) is 2.81. The maximum absolute atomic E-state index is 11.4. The van der Waals surface area contributed by atoms with Crippen LogP contribution in [0.3, 0.4) is 0 Å². The lowest BCUT2D eigenvalue weighted by Crippen LogP contribution is -2.36. The van der Waals surface area contributed by atoms with Crippen LogP contribution in [0.15, 0.2) is 36.4 Å². The maximum Gasteiger partial charge on any atom is 0.306 e. The van der Waals surface area contributed by atoms with E-state index >= 15 is 0 Å². The highest BCUT2D eigenvalue weighted by molar-refractivity contribution is 5.72. The zero-order chi connectivity index (χ0) is 16.7. The van der Waals surface area contributed by atoms with E-state index in [1.807, 2.05) is 24.3 Å². The molecule has 4 rings (SSSR count). The van der Waals surface area contributed by atoms with E-state index in [0.29, 0.717) is 25.2 Å². The topological polar surface area (TPSA) is 85.2 Å². The summed E-state index contributed by atoms with van der Waals surface area (Å²) < 4.78 is 16.4. The number of carbonyl (C=O) groups is 1. The summed E-state index contributed by atoms with van der Waals surface area (Å²) in [6.45, 7) is 0.380. The number of aliphatic hydroxyl groups is 2. The smallest absolute Gasteiger partial charge is 0.306 e. The molecule has 1 saturated heterocycles. The molecule has 3 aliphatic rings. The molecule has 0 bridgehead atoms. The summed E-state index contributed by atoms with van der Waals surface area (Å²) in [5, 5.41) is 20.5. The summed E-state index contributed by atoms with van der Waals surface area (Å²) in [4.78, 5) is 11.4. The van der Waals surface area contributed by atoms with Gasteiger partial charge in [-0.05, 0) is 6.07 Å². The highest BCUT2D eigenvalue weighted by Gasteiger charge is 2.48. The van der Waals surface area contributed by atoms with Crippen molar-refractivity contribution in [2.75, 3.05) is 0 Å². The Balaban J connectivity index is 1.42. The normalized spacial score (nSPS) is 36.1. The standard InChI is InChI=1S/C18H20O6/c19-13(18-22-9-10-3-1-2-4-15(10)24-18)6-5-11-12-7-17(21)23-16(12)8-14(11)20/h1-6,11-14,16,18-20H,7-9H2/t11-,12-,13-,14-,16+,18?/m1/s1. The van der Waals surface area contributed by atoms with Gasteiger partial charge in [-0.3, -0.25) is 4.79 Å². The SMILES string of the molecule is O=C1C[C@@H]2[C@@H](C=C[C@@H](O)C3OCc4ccccc4O3)[C@H](O)C[C@@H]2O1. The summed E-state index contributed by atoms with van der Waals surface area (Å²) in [6.07, 6.45) is 1.59. The molecule has 2 aliphatic heterocycles. The molecule has 1 unspecified atom stereocenters. The van der Waals surface area contributed by atoms with Gasteiger partial charge in [0, 0.05) is 23.8 Å². The van der Waals surface area contributed by atoms with Crippen LogP contribution in [0.25, 0.3) is 0 Å². The highest BCUT2D eigenvalue weighted by Crippen LogP contribution is 2.42. The van der Waals surface area contributed by atoms with Crippen molar-refractivity contribution < 1.29 is 29.2 Å². The van der Waals surface area contributed by atoms with Crippen LogP contribution in [0, 0.1) is 11.8 Å². The number of rotatable bonds is 3. The van der Waals surface area contributed by atoms with E-state index in [1.165, 1.54) is 0 Å². The van der Waals surface area contributed by atoms with Crippen molar-refractivity contribution in [2.24, 2.45) is 11.8 Å². The Morgan fingerprint density at radius 3 is 2.96 bits per heavy atom. The number of carbonyl (C=O) groups excluding carboxylic acids is 1. The first kappa shape index (κ1) is 15.6. The average Bonchev–Trinajstić information content (AvgIpc) is 3.07. The van der Waals surface area contributed by atoms with Crippen LogP contribution < -0.4 is 4.74 Å². The molecular formula is C18H20O6. The molecule has 24 heavy (non-hydrogen) atoms. The summed E-state index contributed by atoms with van der Waals surface area (Å²) in [5.74, 6) is 0.264. The first-order valence-corrected chi connectivity index (χ1v) is 8.22. The highest BCUT2D eigenvalue weighted by atomic mass is 16.7. The van der Waals surface area contributed by atoms with E-state index < -0.39 is 18.5 Å². The number of para-hydroxylation sites is 1. The fourth-order valence-electron chi connectivity index (χ4n) is 3.76. The number of benzene rings is 1. The first-order valence-electron chi connectivity index (χ1n) is 8.22. The zero-order valence-electron chi connectivity index (χ0n) is 13.1. The second-order valence-electron chi connectivity index (χ2n) is 6.56. The van der Waals surface area contributed by atoms with Gasteiger partial charge in [-0.1, -0.05) is 30.4 Å². The van der Waals surface area contributed by atoms with Crippen molar-refractivity contribution in [3.05, 3.63) is 42.0 Å². The van der Waals surface area contributed by atoms with Crippen molar-refractivity contribution in [3.63, 3.8) is 0 Å². The molecule has 6 heteroatoms. The molecule has 2 fully saturated rings. The molecule has 1 aromatic rings. The predicted molar refractivity (Wildman–Crippen MR) is 82.9 cm³/mol. The van der Waals surface area contributed by atoms with Crippen molar-refractivity contribution in [2.45, 2.75) is 44.1 Å². The monoisotopic (exact) mass is 332 g/mol. The van der Waals surface area contributed by atoms with Gasteiger partial charge < -0.3 is 24.4 Å². The number of hydrogen-bond donors (Lipinski definition) is 2. The van der Waals surface area contributed by atoms with Gasteiger partial charge >= 0.3 is 5.97 Å². The van der Waals surface area contributed by atoms with E-state index in [1.54, 1.807) is 12.2 Å². The minimum atomic E-state index is -0.956. The molecular weight excluding hydrogens is 312 g/mol. The Labute approximate surface area is 139 Å². The van der Waals surface area contributed by atoms with Gasteiger partial charge in [-0.15, -0.1) is 0 Å². The van der Waals surface area contributed by atoms with Crippen LogP contribution in [0.2, 0.25) is 0 Å². The van der Waals surface area contributed by atoms with E-state index in [-0.39, 0.29) is 23.9 Å². The van der Waals surface area contributed by atoms with Gasteiger partial charge in [0.15, 0.2) is 0 Å². The molecule has 0 radical (unpaired) electrons. The second-order valence-corrected chi connectivity index (χ2v) is 6.56. The maximum atomic E-state index is 11.4. The van der Waals surface area contributed by atoms with Crippen LogP contribution in [0.5, 0.6) is 5.75 Å². The van der Waals surface area contributed by atoms with Crippen LogP contribution in [-0.2, 0) is 20.9 Å². The summed E-state index contributed by atoms with van der Waals surface area (Å²) in [7, 11) is 0. The summed E-state index contributed by atoms with van der Waals surface area (Å²) in [5.41, 5.74) is 0.945. The Morgan fingerprint density at radius 2 is 2.08 bits per heavy atom. The van der Waals surface area contributed by atoms with Crippen LogP contribution in [0.1, 0.15) is 18.4 Å². The largest absolute Gasteiger partial charge is 0.462 e. The zero-order valence-corrected chi connectivity index (χ0v) is 13.1. The Morgan fingerprint density at radius 1 is 1.25 bits per heavy atom. The van der Waals surface area contributed by atoms with E-state index in [4.69, 9.17) is 14.2 Å². The molecule has 0 amide bonds. The van der Waals surface area contributed by atoms with Gasteiger partial charge in [0.1, 0.15) is 18.0 Å². The minimum absolute atomic E-state index is 0.0233. The number of ether oxygens (including phenoxy) is 3. The van der Waals surface area contributed by atoms with Crippen molar-refractivity contribution in [3.8, 4) is 5.75 Å². The van der Waals surface area contributed by atoms with Crippen molar-refractivity contribution in [1.29, 1.82) is 0 Å². The van der Waals surface area contributed by atoms with Gasteiger partial charge in [-0.25, -0.2) is 0 Å². The minimum Gasteiger partial charge on any atom is -0.462 e. The molecule has 6 atom stereocenters. The van der Waals surface area contributed by atoms with Crippen LogP contribution in [-0.4, -0.2) is 40.8 Å². The van der Waals surface area contributed by atoms with Gasteiger partial charge in [0.25, 0.3) is 0 Å². The summed E-state index contributed by atoms with van der Waals surface area (Å²) >= 11 is 0. The third-order valence-corrected chi connectivity index (χ3v) is 5.00. The quantitative estimate of drug-likeness (QED) is 0.638. The Hall–Kier alpha value is -1.89. The molecule has 1 saturated carbocycles. The first-order chi connectivity index (χ1) is 11.6. The fraction of sp³-hybridized carbons (Fsp3) is 0.500. The molecule has 1 aliphatic carbocycles. The molecule has 128 valence electrons. The summed E-state index contributed by atoms with van der Waals surface area (Å²) in [6, 6.07) is 7.54. The molecule has 0 spiro atoms. The lowest BCUT2D eigenvalue weighted by atomic mass is 9.91. The Kier molecular flexibility index (Phi) is 4.04. The lowest BCUT2D eigenvalue weighted by Gasteiger charge is -2.28. The third-order valence-electron chi connectivity index (χ3n) is 5.00. The average molecular weight is 332 g/mol. The molecule has 2 heterocycles. The Bertz CT molecular complexity index is 657. The molecule has 0 aromatic heterocycles.